The fourth-order valence-corrected chi connectivity index (χ4v) is 1.91. The van der Waals surface area contributed by atoms with Crippen molar-refractivity contribution in [2.45, 2.75) is 19.9 Å². The molecule has 0 spiro atoms. The van der Waals surface area contributed by atoms with Gasteiger partial charge in [0.1, 0.15) is 0 Å². The van der Waals surface area contributed by atoms with Crippen LogP contribution in [0.5, 0.6) is 0 Å². The highest BCUT2D eigenvalue weighted by Gasteiger charge is 2.04. The molecule has 0 aromatic heterocycles. The summed E-state index contributed by atoms with van der Waals surface area (Å²) < 4.78 is 0. The number of hydrogen-bond acceptors (Lipinski definition) is 1. The summed E-state index contributed by atoms with van der Waals surface area (Å²) in [7, 11) is 0. The molecule has 2 aromatic rings. The molecule has 1 atom stereocenters. The molecule has 2 N–H and O–H groups in total. The van der Waals surface area contributed by atoms with Gasteiger partial charge in [0.05, 0.1) is 0 Å². The molecule has 0 heterocycles. The third-order valence-electron chi connectivity index (χ3n) is 2.86. The lowest BCUT2D eigenvalue weighted by Gasteiger charge is -2.11. The molecule has 0 aliphatic carbocycles. The van der Waals surface area contributed by atoms with Crippen LogP contribution in [-0.2, 0) is 0 Å². The van der Waals surface area contributed by atoms with E-state index in [1.807, 2.05) is 13.0 Å². The molecule has 0 saturated carbocycles. The van der Waals surface area contributed by atoms with Crippen molar-refractivity contribution >= 4 is 0 Å². The molecule has 0 radical (unpaired) electrons. The van der Waals surface area contributed by atoms with Crippen LogP contribution >= 0.6 is 0 Å². The van der Waals surface area contributed by atoms with Gasteiger partial charge in [-0.05, 0) is 36.1 Å². The lowest BCUT2D eigenvalue weighted by molar-refractivity contribution is 0.817. The van der Waals surface area contributed by atoms with E-state index in [-0.39, 0.29) is 6.04 Å². The molecule has 0 saturated heterocycles. The topological polar surface area (TPSA) is 26.0 Å². The fourth-order valence-electron chi connectivity index (χ4n) is 1.91. The van der Waals surface area contributed by atoms with Gasteiger partial charge in [-0.3, -0.25) is 0 Å². The Morgan fingerprint density at radius 2 is 1.69 bits per heavy atom. The van der Waals surface area contributed by atoms with Crippen LogP contribution in [0.4, 0.5) is 0 Å². The molecule has 0 bridgehead atoms. The zero-order valence-electron chi connectivity index (χ0n) is 9.77. The summed E-state index contributed by atoms with van der Waals surface area (Å²) in [6.45, 7) is 4.14. The van der Waals surface area contributed by atoms with E-state index in [0.717, 1.165) is 0 Å². The van der Waals surface area contributed by atoms with Crippen LogP contribution in [0.15, 0.2) is 48.5 Å². The zero-order chi connectivity index (χ0) is 11.5. The average molecular weight is 211 g/mol. The van der Waals surface area contributed by atoms with Gasteiger partial charge in [0.2, 0.25) is 0 Å². The van der Waals surface area contributed by atoms with Gasteiger partial charge in [0.15, 0.2) is 0 Å². The first-order chi connectivity index (χ1) is 7.68. The number of rotatable bonds is 2. The van der Waals surface area contributed by atoms with E-state index in [4.69, 9.17) is 5.73 Å². The van der Waals surface area contributed by atoms with Crippen molar-refractivity contribution in [1.29, 1.82) is 0 Å². The molecular weight excluding hydrogens is 194 g/mol. The Labute approximate surface area is 96.9 Å². The van der Waals surface area contributed by atoms with E-state index in [1.54, 1.807) is 0 Å². The third-order valence-corrected chi connectivity index (χ3v) is 2.86. The van der Waals surface area contributed by atoms with Crippen LogP contribution in [0.2, 0.25) is 0 Å². The van der Waals surface area contributed by atoms with E-state index in [1.165, 1.54) is 22.3 Å². The Kier molecular flexibility index (Phi) is 3.07. The molecule has 2 aromatic carbocycles. The highest BCUT2D eigenvalue weighted by Crippen LogP contribution is 2.25. The first-order valence-electron chi connectivity index (χ1n) is 5.60. The second kappa shape index (κ2) is 4.50. The molecule has 16 heavy (non-hydrogen) atoms. The Morgan fingerprint density at radius 3 is 2.25 bits per heavy atom. The monoisotopic (exact) mass is 211 g/mol. The Hall–Kier alpha value is -1.60. The highest BCUT2D eigenvalue weighted by atomic mass is 14.6. The molecular formula is C15H17N. The smallest absolute Gasteiger partial charge is 0.0266 e. The average Bonchev–Trinajstić information content (AvgIpc) is 2.30. The minimum absolute atomic E-state index is 0.100. The lowest BCUT2D eigenvalue weighted by atomic mass is 9.97. The number of nitrogens with two attached hydrogens (primary N) is 1. The Bertz CT molecular complexity index is 472. The van der Waals surface area contributed by atoms with Crippen molar-refractivity contribution in [2.75, 3.05) is 0 Å². The summed E-state index contributed by atoms with van der Waals surface area (Å²) in [6, 6.07) is 17.0. The van der Waals surface area contributed by atoms with Crippen molar-refractivity contribution in [2.24, 2.45) is 5.73 Å². The molecule has 1 unspecified atom stereocenters. The van der Waals surface area contributed by atoms with Crippen molar-refractivity contribution in [3.63, 3.8) is 0 Å². The maximum atomic E-state index is 5.87. The first-order valence-corrected chi connectivity index (χ1v) is 5.60. The van der Waals surface area contributed by atoms with Crippen LogP contribution in [0.3, 0.4) is 0 Å². The largest absolute Gasteiger partial charge is 0.324 e. The van der Waals surface area contributed by atoms with Gasteiger partial charge in [0.25, 0.3) is 0 Å². The normalized spacial score (nSPS) is 12.4. The van der Waals surface area contributed by atoms with E-state index in [2.05, 4.69) is 49.4 Å². The molecule has 1 nitrogen and oxygen atoms in total. The second-order valence-corrected chi connectivity index (χ2v) is 4.23. The van der Waals surface area contributed by atoms with Crippen molar-refractivity contribution in [3.8, 4) is 11.1 Å². The van der Waals surface area contributed by atoms with E-state index in [9.17, 15) is 0 Å². The second-order valence-electron chi connectivity index (χ2n) is 4.23. The van der Waals surface area contributed by atoms with E-state index in [0.29, 0.717) is 0 Å². The summed E-state index contributed by atoms with van der Waals surface area (Å²) in [5.74, 6) is 0. The predicted octanol–water partition coefficient (Wildman–Crippen LogP) is 3.68. The molecule has 82 valence electrons. The Balaban J connectivity index is 2.45. The number of benzene rings is 2. The predicted molar refractivity (Wildman–Crippen MR) is 69.2 cm³/mol. The van der Waals surface area contributed by atoms with Crippen LogP contribution in [0, 0.1) is 6.92 Å². The van der Waals surface area contributed by atoms with Crippen LogP contribution in [0.1, 0.15) is 24.1 Å². The lowest BCUT2D eigenvalue weighted by Crippen LogP contribution is -2.05. The summed E-state index contributed by atoms with van der Waals surface area (Å²) in [4.78, 5) is 0. The zero-order valence-corrected chi connectivity index (χ0v) is 9.77. The van der Waals surface area contributed by atoms with Gasteiger partial charge in [-0.2, -0.15) is 0 Å². The van der Waals surface area contributed by atoms with Gasteiger partial charge in [0, 0.05) is 6.04 Å². The first kappa shape index (κ1) is 10.9. The summed E-state index contributed by atoms with van der Waals surface area (Å²) >= 11 is 0. The summed E-state index contributed by atoms with van der Waals surface area (Å²) in [5.41, 5.74) is 10.9. The van der Waals surface area contributed by atoms with E-state index < -0.39 is 0 Å². The van der Waals surface area contributed by atoms with Gasteiger partial charge < -0.3 is 5.73 Å². The number of aryl methyl sites for hydroxylation is 1. The number of hydrogen-bond donors (Lipinski definition) is 1. The van der Waals surface area contributed by atoms with Crippen LogP contribution in [0.25, 0.3) is 11.1 Å². The molecule has 0 aliphatic rings. The van der Waals surface area contributed by atoms with Gasteiger partial charge in [-0.15, -0.1) is 0 Å². The molecule has 0 fully saturated rings. The van der Waals surface area contributed by atoms with Crippen LogP contribution in [-0.4, -0.2) is 0 Å². The maximum Gasteiger partial charge on any atom is 0.0266 e. The minimum Gasteiger partial charge on any atom is -0.324 e. The minimum atomic E-state index is 0.100. The molecule has 0 amide bonds. The molecule has 2 rings (SSSR count). The van der Waals surface area contributed by atoms with Crippen molar-refractivity contribution in [1.82, 2.24) is 0 Å². The van der Waals surface area contributed by atoms with E-state index >= 15 is 0 Å². The SMILES string of the molecule is Cc1cc(C(C)N)ccc1-c1ccccc1. The third kappa shape index (κ3) is 2.15. The Morgan fingerprint density at radius 1 is 1.00 bits per heavy atom. The molecule has 1 heteroatoms. The standard InChI is InChI=1S/C15H17N/c1-11-10-14(12(2)16)8-9-15(11)13-6-4-3-5-7-13/h3-10,12H,16H2,1-2H3. The summed E-state index contributed by atoms with van der Waals surface area (Å²) in [5, 5.41) is 0. The maximum absolute atomic E-state index is 5.87. The quantitative estimate of drug-likeness (QED) is 0.805. The highest BCUT2D eigenvalue weighted by molar-refractivity contribution is 5.67. The molecule has 0 aliphatic heterocycles. The van der Waals surface area contributed by atoms with Crippen LogP contribution < -0.4 is 5.73 Å². The fraction of sp³-hybridized carbons (Fsp3) is 0.200. The van der Waals surface area contributed by atoms with Crippen molar-refractivity contribution in [3.05, 3.63) is 59.7 Å². The van der Waals surface area contributed by atoms with Gasteiger partial charge >= 0.3 is 0 Å². The van der Waals surface area contributed by atoms with Gasteiger partial charge in [-0.1, -0.05) is 48.5 Å². The van der Waals surface area contributed by atoms with Gasteiger partial charge in [-0.25, -0.2) is 0 Å². The summed E-state index contributed by atoms with van der Waals surface area (Å²) in [6.07, 6.45) is 0. The van der Waals surface area contributed by atoms with Crippen molar-refractivity contribution < 1.29 is 0 Å².